The molecule has 3 aromatic rings. The Morgan fingerprint density at radius 3 is 2.48 bits per heavy atom. The SMILES string of the molecule is Cc1cc(NCc2ccccc2C)nc(Nc2ccc(C#N)cc2)n1. The van der Waals surface area contributed by atoms with Gasteiger partial charge in [-0.3, -0.25) is 0 Å². The second-order valence-corrected chi connectivity index (χ2v) is 5.81. The number of anilines is 3. The van der Waals surface area contributed by atoms with Crippen molar-refractivity contribution < 1.29 is 0 Å². The highest BCUT2D eigenvalue weighted by Gasteiger charge is 2.04. The zero-order valence-electron chi connectivity index (χ0n) is 14.2. The van der Waals surface area contributed by atoms with Crippen molar-refractivity contribution >= 4 is 17.5 Å². The van der Waals surface area contributed by atoms with Gasteiger partial charge in [0.2, 0.25) is 5.95 Å². The van der Waals surface area contributed by atoms with Crippen LogP contribution in [0.25, 0.3) is 0 Å². The van der Waals surface area contributed by atoms with E-state index in [1.165, 1.54) is 11.1 Å². The number of rotatable bonds is 5. The van der Waals surface area contributed by atoms with Crippen molar-refractivity contribution in [3.8, 4) is 6.07 Å². The topological polar surface area (TPSA) is 73.6 Å². The molecule has 124 valence electrons. The van der Waals surface area contributed by atoms with E-state index in [-0.39, 0.29) is 0 Å². The van der Waals surface area contributed by atoms with Crippen molar-refractivity contribution in [3.63, 3.8) is 0 Å². The number of nitriles is 1. The Kier molecular flexibility index (Phi) is 4.91. The average Bonchev–Trinajstić information content (AvgIpc) is 2.61. The fourth-order valence-corrected chi connectivity index (χ4v) is 2.47. The third kappa shape index (κ3) is 4.33. The van der Waals surface area contributed by atoms with Crippen molar-refractivity contribution in [1.29, 1.82) is 5.26 Å². The molecule has 1 heterocycles. The Morgan fingerprint density at radius 2 is 1.76 bits per heavy atom. The largest absolute Gasteiger partial charge is 0.366 e. The Labute approximate surface area is 147 Å². The molecular weight excluding hydrogens is 310 g/mol. The van der Waals surface area contributed by atoms with Crippen LogP contribution < -0.4 is 10.6 Å². The first-order chi connectivity index (χ1) is 12.1. The lowest BCUT2D eigenvalue weighted by Crippen LogP contribution is -2.06. The van der Waals surface area contributed by atoms with Gasteiger partial charge < -0.3 is 10.6 Å². The summed E-state index contributed by atoms with van der Waals surface area (Å²) in [5.74, 6) is 1.30. The quantitative estimate of drug-likeness (QED) is 0.729. The monoisotopic (exact) mass is 329 g/mol. The first-order valence-corrected chi connectivity index (χ1v) is 8.05. The maximum Gasteiger partial charge on any atom is 0.229 e. The minimum absolute atomic E-state index is 0.525. The summed E-state index contributed by atoms with van der Waals surface area (Å²) in [6, 6.07) is 19.5. The van der Waals surface area contributed by atoms with Gasteiger partial charge in [0.05, 0.1) is 11.6 Å². The summed E-state index contributed by atoms with van der Waals surface area (Å²) in [4.78, 5) is 8.93. The second-order valence-electron chi connectivity index (χ2n) is 5.81. The van der Waals surface area contributed by atoms with Gasteiger partial charge in [0, 0.05) is 24.0 Å². The van der Waals surface area contributed by atoms with E-state index in [1.54, 1.807) is 12.1 Å². The standard InChI is InChI=1S/C20H19N5/c1-14-5-3-4-6-17(14)13-22-19-11-15(2)23-20(25-19)24-18-9-7-16(12-21)8-10-18/h3-11H,13H2,1-2H3,(H2,22,23,24,25). The van der Waals surface area contributed by atoms with Crippen LogP contribution in [-0.4, -0.2) is 9.97 Å². The van der Waals surface area contributed by atoms with E-state index in [0.29, 0.717) is 18.1 Å². The fourth-order valence-electron chi connectivity index (χ4n) is 2.47. The van der Waals surface area contributed by atoms with Gasteiger partial charge in [-0.25, -0.2) is 4.98 Å². The van der Waals surface area contributed by atoms with Crippen molar-refractivity contribution in [2.45, 2.75) is 20.4 Å². The molecule has 0 aliphatic heterocycles. The van der Waals surface area contributed by atoms with Crippen LogP contribution in [0, 0.1) is 25.2 Å². The van der Waals surface area contributed by atoms with Crippen molar-refractivity contribution in [3.05, 3.63) is 77.0 Å². The summed E-state index contributed by atoms with van der Waals surface area (Å²) in [7, 11) is 0. The number of hydrogen-bond acceptors (Lipinski definition) is 5. The number of aryl methyl sites for hydroxylation is 2. The van der Waals surface area contributed by atoms with Crippen LogP contribution in [0.2, 0.25) is 0 Å². The third-order valence-electron chi connectivity index (χ3n) is 3.85. The number of nitrogens with zero attached hydrogens (tertiary/aromatic N) is 3. The van der Waals surface area contributed by atoms with E-state index in [4.69, 9.17) is 5.26 Å². The maximum absolute atomic E-state index is 8.86. The van der Waals surface area contributed by atoms with Crippen LogP contribution in [0.15, 0.2) is 54.6 Å². The van der Waals surface area contributed by atoms with Crippen LogP contribution in [0.3, 0.4) is 0 Å². The smallest absolute Gasteiger partial charge is 0.229 e. The number of aromatic nitrogens is 2. The third-order valence-corrected chi connectivity index (χ3v) is 3.85. The highest BCUT2D eigenvalue weighted by molar-refractivity contribution is 5.56. The van der Waals surface area contributed by atoms with Crippen LogP contribution in [-0.2, 0) is 6.54 Å². The minimum Gasteiger partial charge on any atom is -0.366 e. The van der Waals surface area contributed by atoms with Gasteiger partial charge in [0.15, 0.2) is 0 Å². The molecule has 0 unspecified atom stereocenters. The fraction of sp³-hybridized carbons (Fsp3) is 0.150. The van der Waals surface area contributed by atoms with E-state index in [2.05, 4.69) is 45.7 Å². The van der Waals surface area contributed by atoms with E-state index < -0.39 is 0 Å². The molecule has 0 bridgehead atoms. The molecule has 0 aliphatic rings. The number of hydrogen-bond donors (Lipinski definition) is 2. The van der Waals surface area contributed by atoms with Gasteiger partial charge in [0.25, 0.3) is 0 Å². The first kappa shape index (κ1) is 16.5. The van der Waals surface area contributed by atoms with Crippen molar-refractivity contribution in [2.75, 3.05) is 10.6 Å². The summed E-state index contributed by atoms with van der Waals surface area (Å²) in [6.07, 6.45) is 0. The molecule has 2 aromatic carbocycles. The molecule has 0 radical (unpaired) electrons. The van der Waals surface area contributed by atoms with E-state index in [1.807, 2.05) is 37.3 Å². The predicted octanol–water partition coefficient (Wildman–Crippen LogP) is 4.32. The summed E-state index contributed by atoms with van der Waals surface area (Å²) >= 11 is 0. The van der Waals surface area contributed by atoms with E-state index in [9.17, 15) is 0 Å². The number of benzene rings is 2. The summed E-state index contributed by atoms with van der Waals surface area (Å²) < 4.78 is 0. The molecule has 0 amide bonds. The Balaban J connectivity index is 1.73. The number of nitrogens with one attached hydrogen (secondary N) is 2. The normalized spacial score (nSPS) is 10.1. The lowest BCUT2D eigenvalue weighted by atomic mass is 10.1. The van der Waals surface area contributed by atoms with Crippen molar-refractivity contribution in [2.24, 2.45) is 0 Å². The van der Waals surface area contributed by atoms with Gasteiger partial charge in [-0.2, -0.15) is 10.2 Å². The van der Waals surface area contributed by atoms with E-state index >= 15 is 0 Å². The Bertz CT molecular complexity index is 910. The molecule has 3 rings (SSSR count). The molecule has 25 heavy (non-hydrogen) atoms. The molecule has 0 aliphatic carbocycles. The molecule has 5 nitrogen and oxygen atoms in total. The Hall–Kier alpha value is -3.39. The molecular formula is C20H19N5. The van der Waals surface area contributed by atoms with Gasteiger partial charge >= 0.3 is 0 Å². The molecule has 0 spiro atoms. The molecule has 2 N–H and O–H groups in total. The summed E-state index contributed by atoms with van der Waals surface area (Å²) in [5.41, 5.74) is 4.82. The van der Waals surface area contributed by atoms with Crippen LogP contribution in [0.1, 0.15) is 22.4 Å². The summed E-state index contributed by atoms with van der Waals surface area (Å²) in [5, 5.41) is 15.4. The average molecular weight is 329 g/mol. The molecule has 0 saturated heterocycles. The highest BCUT2D eigenvalue weighted by atomic mass is 15.1. The zero-order chi connectivity index (χ0) is 17.6. The first-order valence-electron chi connectivity index (χ1n) is 8.05. The molecule has 0 saturated carbocycles. The van der Waals surface area contributed by atoms with Crippen LogP contribution in [0.5, 0.6) is 0 Å². The lowest BCUT2D eigenvalue weighted by Gasteiger charge is -2.11. The Morgan fingerprint density at radius 1 is 1.00 bits per heavy atom. The van der Waals surface area contributed by atoms with Crippen molar-refractivity contribution in [1.82, 2.24) is 9.97 Å². The van der Waals surface area contributed by atoms with Gasteiger partial charge in [0.1, 0.15) is 5.82 Å². The predicted molar refractivity (Wildman–Crippen MR) is 99.7 cm³/mol. The molecule has 0 atom stereocenters. The maximum atomic E-state index is 8.86. The highest BCUT2D eigenvalue weighted by Crippen LogP contribution is 2.17. The van der Waals surface area contributed by atoms with Gasteiger partial charge in [-0.05, 0) is 49.2 Å². The molecule has 1 aromatic heterocycles. The second kappa shape index (κ2) is 7.45. The lowest BCUT2D eigenvalue weighted by molar-refractivity contribution is 1.05. The molecule has 5 heteroatoms. The summed E-state index contributed by atoms with van der Waals surface area (Å²) in [6.45, 7) is 4.74. The van der Waals surface area contributed by atoms with E-state index in [0.717, 1.165) is 17.2 Å². The molecule has 0 fully saturated rings. The van der Waals surface area contributed by atoms with Gasteiger partial charge in [-0.1, -0.05) is 24.3 Å². The van der Waals surface area contributed by atoms with Crippen LogP contribution >= 0.6 is 0 Å². The van der Waals surface area contributed by atoms with Crippen LogP contribution in [0.4, 0.5) is 17.5 Å². The van der Waals surface area contributed by atoms with Gasteiger partial charge in [-0.15, -0.1) is 0 Å². The minimum atomic E-state index is 0.525. The zero-order valence-corrected chi connectivity index (χ0v) is 14.2.